The van der Waals surface area contributed by atoms with Gasteiger partial charge in [0.2, 0.25) is 0 Å². The first-order valence-corrected chi connectivity index (χ1v) is 8.78. The van der Waals surface area contributed by atoms with Crippen LogP contribution in [0.5, 0.6) is 0 Å². The Labute approximate surface area is 147 Å². The molecule has 0 heterocycles. The molecular weight excluding hydrogens is 448 g/mol. The number of halogens is 3. The lowest BCUT2D eigenvalue weighted by Gasteiger charge is -2.20. The third kappa shape index (κ3) is 4.45. The summed E-state index contributed by atoms with van der Waals surface area (Å²) in [5.74, 6) is 0. The predicted octanol–water partition coefficient (Wildman–Crippen LogP) is 5.60. The van der Waals surface area contributed by atoms with Crippen LogP contribution in [-0.4, -0.2) is 6.54 Å². The molecule has 20 heavy (non-hydrogen) atoms. The van der Waals surface area contributed by atoms with Crippen molar-refractivity contribution in [2.75, 3.05) is 6.54 Å². The Balaban J connectivity index is 2.26. The number of nitrogens with one attached hydrogen (secondary N) is 1. The third-order valence-corrected chi connectivity index (χ3v) is 4.69. The first kappa shape index (κ1) is 16.3. The average Bonchev–Trinajstić information content (AvgIpc) is 2.43. The molecule has 0 aliphatic heterocycles. The van der Waals surface area contributed by atoms with Crippen molar-refractivity contribution in [2.45, 2.75) is 19.4 Å². The molecule has 1 atom stereocenters. The van der Waals surface area contributed by atoms with Gasteiger partial charge >= 0.3 is 0 Å². The Bertz CT molecular complexity index is 571. The van der Waals surface area contributed by atoms with Gasteiger partial charge in [0.25, 0.3) is 0 Å². The number of hydrogen-bond acceptors (Lipinski definition) is 1. The third-order valence-electron chi connectivity index (χ3n) is 3.14. The van der Waals surface area contributed by atoms with Crippen LogP contribution in [0.2, 0.25) is 5.02 Å². The van der Waals surface area contributed by atoms with Crippen LogP contribution >= 0.6 is 50.1 Å². The molecule has 1 nitrogen and oxygen atoms in total. The maximum atomic E-state index is 6.36. The maximum absolute atomic E-state index is 6.36. The van der Waals surface area contributed by atoms with Crippen LogP contribution in [0, 0.1) is 3.57 Å². The van der Waals surface area contributed by atoms with E-state index in [1.165, 1.54) is 9.13 Å². The van der Waals surface area contributed by atoms with Gasteiger partial charge in [0.1, 0.15) is 0 Å². The van der Waals surface area contributed by atoms with E-state index in [2.05, 4.69) is 81.1 Å². The maximum Gasteiger partial charge on any atom is 0.0454 e. The van der Waals surface area contributed by atoms with E-state index in [0.717, 1.165) is 28.0 Å². The van der Waals surface area contributed by atoms with E-state index in [-0.39, 0.29) is 6.04 Å². The number of likely N-dealkylation sites (N-methyl/N-ethyl adjacent to an activating group) is 1. The SMILES string of the molecule is CCNC(Cc1ccc(I)cc1)c1cc(Br)ccc1Cl. The zero-order valence-corrected chi connectivity index (χ0v) is 15.7. The first-order valence-electron chi connectivity index (χ1n) is 6.53. The van der Waals surface area contributed by atoms with Crippen LogP contribution in [0.25, 0.3) is 0 Å². The molecule has 0 aliphatic carbocycles. The first-order chi connectivity index (χ1) is 9.60. The second-order valence-electron chi connectivity index (χ2n) is 4.61. The molecule has 0 amide bonds. The fourth-order valence-electron chi connectivity index (χ4n) is 2.18. The van der Waals surface area contributed by atoms with Crippen LogP contribution in [0.3, 0.4) is 0 Å². The van der Waals surface area contributed by atoms with Crippen LogP contribution in [0.15, 0.2) is 46.9 Å². The molecule has 0 aliphatic rings. The van der Waals surface area contributed by atoms with Crippen molar-refractivity contribution in [3.05, 3.63) is 66.7 Å². The molecule has 2 aromatic rings. The van der Waals surface area contributed by atoms with Gasteiger partial charge in [-0.25, -0.2) is 0 Å². The summed E-state index contributed by atoms with van der Waals surface area (Å²) in [5, 5.41) is 4.33. The monoisotopic (exact) mass is 463 g/mol. The van der Waals surface area contributed by atoms with E-state index in [4.69, 9.17) is 11.6 Å². The molecular formula is C16H16BrClIN. The molecule has 0 spiro atoms. The van der Waals surface area contributed by atoms with E-state index in [9.17, 15) is 0 Å². The van der Waals surface area contributed by atoms with Crippen molar-refractivity contribution >= 4 is 50.1 Å². The minimum Gasteiger partial charge on any atom is -0.310 e. The van der Waals surface area contributed by atoms with Gasteiger partial charge in [0.05, 0.1) is 0 Å². The summed E-state index contributed by atoms with van der Waals surface area (Å²) in [7, 11) is 0. The lowest BCUT2D eigenvalue weighted by atomic mass is 9.99. The molecule has 0 fully saturated rings. The van der Waals surface area contributed by atoms with Crippen LogP contribution in [0.1, 0.15) is 24.1 Å². The van der Waals surface area contributed by atoms with E-state index in [1.807, 2.05) is 12.1 Å². The minimum atomic E-state index is 0.227. The van der Waals surface area contributed by atoms with Crippen LogP contribution < -0.4 is 5.32 Å². The molecule has 1 unspecified atom stereocenters. The molecule has 4 heteroatoms. The number of hydrogen-bond donors (Lipinski definition) is 1. The Morgan fingerprint density at radius 3 is 2.55 bits per heavy atom. The van der Waals surface area contributed by atoms with E-state index >= 15 is 0 Å². The van der Waals surface area contributed by atoms with Gasteiger partial charge in [0, 0.05) is 19.1 Å². The second kappa shape index (κ2) is 7.78. The largest absolute Gasteiger partial charge is 0.310 e. The molecule has 0 bridgehead atoms. The topological polar surface area (TPSA) is 12.0 Å². The lowest BCUT2D eigenvalue weighted by molar-refractivity contribution is 0.550. The molecule has 2 rings (SSSR count). The Kier molecular flexibility index (Phi) is 6.33. The van der Waals surface area contributed by atoms with Crippen LogP contribution in [-0.2, 0) is 6.42 Å². The zero-order chi connectivity index (χ0) is 14.5. The Morgan fingerprint density at radius 2 is 1.90 bits per heavy atom. The molecule has 0 radical (unpaired) electrons. The van der Waals surface area contributed by atoms with Crippen molar-refractivity contribution in [2.24, 2.45) is 0 Å². The smallest absolute Gasteiger partial charge is 0.0454 e. The number of rotatable bonds is 5. The van der Waals surface area contributed by atoms with Gasteiger partial charge in [-0.05, 0) is 77.0 Å². The Hall–Kier alpha value is -0.100. The van der Waals surface area contributed by atoms with Crippen molar-refractivity contribution in [3.8, 4) is 0 Å². The molecule has 0 saturated carbocycles. The fraction of sp³-hybridized carbons (Fsp3) is 0.250. The summed E-state index contributed by atoms with van der Waals surface area (Å²) in [6.45, 7) is 3.03. The molecule has 0 aromatic heterocycles. The van der Waals surface area contributed by atoms with Crippen molar-refractivity contribution in [1.82, 2.24) is 5.32 Å². The number of benzene rings is 2. The lowest BCUT2D eigenvalue weighted by Crippen LogP contribution is -2.23. The molecule has 106 valence electrons. The summed E-state index contributed by atoms with van der Waals surface area (Å²) >= 11 is 12.2. The highest BCUT2D eigenvalue weighted by molar-refractivity contribution is 14.1. The summed E-state index contributed by atoms with van der Waals surface area (Å²) < 4.78 is 2.31. The van der Waals surface area contributed by atoms with Gasteiger partial charge in [-0.1, -0.05) is 46.6 Å². The molecule has 0 saturated heterocycles. The fourth-order valence-corrected chi connectivity index (χ4v) is 3.16. The zero-order valence-electron chi connectivity index (χ0n) is 11.2. The van der Waals surface area contributed by atoms with E-state index in [1.54, 1.807) is 0 Å². The van der Waals surface area contributed by atoms with E-state index in [0.29, 0.717) is 0 Å². The summed E-state index contributed by atoms with van der Waals surface area (Å²) in [5.41, 5.74) is 2.45. The highest BCUT2D eigenvalue weighted by Crippen LogP contribution is 2.29. The predicted molar refractivity (Wildman–Crippen MR) is 98.4 cm³/mol. The van der Waals surface area contributed by atoms with Crippen molar-refractivity contribution < 1.29 is 0 Å². The summed E-state index contributed by atoms with van der Waals surface area (Å²) in [6.07, 6.45) is 0.931. The van der Waals surface area contributed by atoms with Gasteiger partial charge in [-0.3, -0.25) is 0 Å². The van der Waals surface area contributed by atoms with Gasteiger partial charge in [-0.15, -0.1) is 0 Å². The van der Waals surface area contributed by atoms with Crippen molar-refractivity contribution in [1.29, 1.82) is 0 Å². The molecule has 1 N–H and O–H groups in total. The highest BCUT2D eigenvalue weighted by Gasteiger charge is 2.15. The van der Waals surface area contributed by atoms with Crippen LogP contribution in [0.4, 0.5) is 0 Å². The Morgan fingerprint density at radius 1 is 1.20 bits per heavy atom. The van der Waals surface area contributed by atoms with Gasteiger partial charge < -0.3 is 5.32 Å². The molecule has 2 aromatic carbocycles. The quantitative estimate of drug-likeness (QED) is 0.568. The van der Waals surface area contributed by atoms with Gasteiger partial charge in [0.15, 0.2) is 0 Å². The normalized spacial score (nSPS) is 12.4. The van der Waals surface area contributed by atoms with Crippen molar-refractivity contribution in [3.63, 3.8) is 0 Å². The highest BCUT2D eigenvalue weighted by atomic mass is 127. The second-order valence-corrected chi connectivity index (χ2v) is 7.18. The summed E-state index contributed by atoms with van der Waals surface area (Å²) in [4.78, 5) is 0. The van der Waals surface area contributed by atoms with E-state index < -0.39 is 0 Å². The standard InChI is InChI=1S/C16H16BrClIN/c1-2-20-16(9-11-3-6-13(19)7-4-11)14-10-12(17)5-8-15(14)18/h3-8,10,16,20H,2,9H2,1H3. The minimum absolute atomic E-state index is 0.227. The summed E-state index contributed by atoms with van der Waals surface area (Å²) in [6, 6.07) is 14.9. The average molecular weight is 465 g/mol. The van der Waals surface area contributed by atoms with Gasteiger partial charge in [-0.2, -0.15) is 0 Å².